The molecule has 0 atom stereocenters. The molecular formula is C28H41N5O4. The standard InChI is InChI=1S/C28H41N5O4/c1-6-36-15-12-21-10-13-33(14-11-21)26-29-17-24(18-30-26)23-9-7-8-22(16-23)20-32(5)25(34)19-31-27(35)37-28(2,3)4/h7-9,16-18,21H,6,10-15,19-20H2,1-5H3,(H,31,35). The lowest BCUT2D eigenvalue weighted by atomic mass is 9.94. The summed E-state index contributed by atoms with van der Waals surface area (Å²) in [5, 5.41) is 2.51. The molecule has 0 unspecified atom stereocenters. The molecule has 0 radical (unpaired) electrons. The Hall–Kier alpha value is -3.20. The van der Waals surface area contributed by atoms with Crippen molar-refractivity contribution in [3.8, 4) is 11.1 Å². The van der Waals surface area contributed by atoms with E-state index >= 15 is 0 Å². The zero-order valence-corrected chi connectivity index (χ0v) is 22.8. The van der Waals surface area contributed by atoms with Crippen molar-refractivity contribution in [2.75, 3.05) is 44.8 Å². The fourth-order valence-corrected chi connectivity index (χ4v) is 4.26. The molecule has 1 aromatic heterocycles. The number of aromatic nitrogens is 2. The Bertz CT molecular complexity index is 1010. The molecule has 1 fully saturated rings. The molecular weight excluding hydrogens is 470 g/mol. The Morgan fingerprint density at radius 1 is 1.14 bits per heavy atom. The summed E-state index contributed by atoms with van der Waals surface area (Å²) in [6, 6.07) is 7.98. The van der Waals surface area contributed by atoms with Crippen LogP contribution in [0.4, 0.5) is 10.7 Å². The van der Waals surface area contributed by atoms with Crippen molar-refractivity contribution in [1.82, 2.24) is 20.2 Å². The van der Waals surface area contributed by atoms with Crippen molar-refractivity contribution in [2.24, 2.45) is 5.92 Å². The Balaban J connectivity index is 1.51. The van der Waals surface area contributed by atoms with E-state index < -0.39 is 11.7 Å². The molecule has 1 N–H and O–H groups in total. The Labute approximate surface area is 220 Å². The zero-order valence-electron chi connectivity index (χ0n) is 22.8. The minimum Gasteiger partial charge on any atom is -0.444 e. The number of piperidine rings is 1. The normalized spacial score (nSPS) is 14.4. The molecule has 9 heteroatoms. The highest BCUT2D eigenvalue weighted by Crippen LogP contribution is 2.25. The fourth-order valence-electron chi connectivity index (χ4n) is 4.26. The molecule has 2 amide bonds. The van der Waals surface area contributed by atoms with Gasteiger partial charge in [-0.25, -0.2) is 14.8 Å². The molecule has 1 aromatic carbocycles. The summed E-state index contributed by atoms with van der Waals surface area (Å²) in [5.41, 5.74) is 2.29. The van der Waals surface area contributed by atoms with Gasteiger partial charge in [0.2, 0.25) is 11.9 Å². The molecule has 0 spiro atoms. The largest absolute Gasteiger partial charge is 0.444 e. The maximum Gasteiger partial charge on any atom is 0.408 e. The third kappa shape index (κ3) is 9.31. The first-order valence-corrected chi connectivity index (χ1v) is 13.1. The predicted molar refractivity (Wildman–Crippen MR) is 144 cm³/mol. The van der Waals surface area contributed by atoms with Gasteiger partial charge in [-0.1, -0.05) is 18.2 Å². The second-order valence-electron chi connectivity index (χ2n) is 10.5. The summed E-state index contributed by atoms with van der Waals surface area (Å²) in [6.07, 6.45) is 6.52. The lowest BCUT2D eigenvalue weighted by Crippen LogP contribution is -2.40. The molecule has 3 rings (SSSR count). The number of ether oxygens (including phenoxy) is 2. The fraction of sp³-hybridized carbons (Fsp3) is 0.571. The molecule has 2 aromatic rings. The third-order valence-electron chi connectivity index (χ3n) is 6.30. The summed E-state index contributed by atoms with van der Waals surface area (Å²) >= 11 is 0. The lowest BCUT2D eigenvalue weighted by Gasteiger charge is -2.32. The van der Waals surface area contributed by atoms with Crippen LogP contribution in [0, 0.1) is 5.92 Å². The number of nitrogens with one attached hydrogen (secondary N) is 1. The van der Waals surface area contributed by atoms with E-state index in [4.69, 9.17) is 9.47 Å². The molecule has 0 saturated carbocycles. The van der Waals surface area contributed by atoms with Crippen LogP contribution >= 0.6 is 0 Å². The van der Waals surface area contributed by atoms with Gasteiger partial charge in [0.25, 0.3) is 0 Å². The Morgan fingerprint density at radius 3 is 2.49 bits per heavy atom. The summed E-state index contributed by atoms with van der Waals surface area (Å²) in [4.78, 5) is 37.4. The summed E-state index contributed by atoms with van der Waals surface area (Å²) in [6.45, 7) is 11.2. The summed E-state index contributed by atoms with van der Waals surface area (Å²) < 4.78 is 10.7. The van der Waals surface area contributed by atoms with E-state index in [-0.39, 0.29) is 12.5 Å². The van der Waals surface area contributed by atoms with Crippen LogP contribution in [0.5, 0.6) is 0 Å². The SMILES string of the molecule is CCOCCC1CCN(c2ncc(-c3cccc(CN(C)C(=O)CNC(=O)OC(C)(C)C)c3)cn2)CC1. The first kappa shape index (κ1) is 28.4. The first-order chi connectivity index (χ1) is 17.6. The number of nitrogens with zero attached hydrogens (tertiary/aromatic N) is 4. The van der Waals surface area contributed by atoms with Crippen LogP contribution in [0.25, 0.3) is 11.1 Å². The van der Waals surface area contributed by atoms with Crippen LogP contribution in [0.15, 0.2) is 36.7 Å². The molecule has 9 nitrogen and oxygen atoms in total. The van der Waals surface area contributed by atoms with Crippen LogP contribution < -0.4 is 10.2 Å². The number of hydrogen-bond donors (Lipinski definition) is 1. The maximum absolute atomic E-state index is 12.5. The zero-order chi connectivity index (χ0) is 26.8. The number of carbonyl (C=O) groups excluding carboxylic acids is 2. The molecule has 1 saturated heterocycles. The van der Waals surface area contributed by atoms with E-state index in [0.717, 1.165) is 68.2 Å². The lowest BCUT2D eigenvalue weighted by molar-refractivity contribution is -0.129. The highest BCUT2D eigenvalue weighted by atomic mass is 16.6. The number of anilines is 1. The number of alkyl carbamates (subject to hydrolysis) is 1. The number of hydrogen-bond acceptors (Lipinski definition) is 7. The van der Waals surface area contributed by atoms with Gasteiger partial charge in [-0.05, 0) is 70.1 Å². The topological polar surface area (TPSA) is 96.9 Å². The maximum atomic E-state index is 12.5. The highest BCUT2D eigenvalue weighted by molar-refractivity contribution is 5.82. The molecule has 1 aliphatic rings. The number of benzene rings is 1. The first-order valence-electron chi connectivity index (χ1n) is 13.1. The third-order valence-corrected chi connectivity index (χ3v) is 6.30. The Kier molecular flexibility index (Phi) is 10.3. The molecule has 202 valence electrons. The minimum atomic E-state index is -0.609. The van der Waals surface area contributed by atoms with Gasteiger partial charge in [-0.3, -0.25) is 4.79 Å². The van der Waals surface area contributed by atoms with Crippen LogP contribution in [-0.2, 0) is 20.8 Å². The van der Waals surface area contributed by atoms with Crippen molar-refractivity contribution >= 4 is 17.9 Å². The van der Waals surface area contributed by atoms with Gasteiger partial charge < -0.3 is 24.6 Å². The van der Waals surface area contributed by atoms with Crippen molar-refractivity contribution in [1.29, 1.82) is 0 Å². The van der Waals surface area contributed by atoms with Crippen LogP contribution in [0.2, 0.25) is 0 Å². The second kappa shape index (κ2) is 13.4. The van der Waals surface area contributed by atoms with Gasteiger partial charge in [0.15, 0.2) is 0 Å². The molecule has 1 aliphatic heterocycles. The average molecular weight is 512 g/mol. The van der Waals surface area contributed by atoms with Crippen molar-refractivity contribution in [3.63, 3.8) is 0 Å². The van der Waals surface area contributed by atoms with E-state index in [0.29, 0.717) is 12.5 Å². The van der Waals surface area contributed by atoms with Crippen molar-refractivity contribution < 1.29 is 19.1 Å². The number of amides is 2. The predicted octanol–water partition coefficient (Wildman–Crippen LogP) is 4.27. The van der Waals surface area contributed by atoms with Crippen molar-refractivity contribution in [2.45, 2.75) is 59.1 Å². The average Bonchev–Trinajstić information content (AvgIpc) is 2.87. The summed E-state index contributed by atoms with van der Waals surface area (Å²) in [5.74, 6) is 1.28. The van der Waals surface area contributed by atoms with E-state index in [2.05, 4.69) is 20.2 Å². The van der Waals surface area contributed by atoms with Gasteiger partial charge in [-0.2, -0.15) is 0 Å². The van der Waals surface area contributed by atoms with Crippen LogP contribution in [-0.4, -0.2) is 72.4 Å². The number of likely N-dealkylation sites (N-methyl/N-ethyl adjacent to an activating group) is 1. The number of rotatable bonds is 10. The smallest absolute Gasteiger partial charge is 0.408 e. The molecule has 37 heavy (non-hydrogen) atoms. The molecule has 0 aliphatic carbocycles. The second-order valence-corrected chi connectivity index (χ2v) is 10.5. The van der Waals surface area contributed by atoms with Crippen LogP contribution in [0.1, 0.15) is 52.5 Å². The highest BCUT2D eigenvalue weighted by Gasteiger charge is 2.21. The Morgan fingerprint density at radius 2 is 1.84 bits per heavy atom. The minimum absolute atomic E-state index is 0.121. The quantitative estimate of drug-likeness (QED) is 0.476. The van der Waals surface area contributed by atoms with E-state index in [1.807, 2.05) is 43.6 Å². The van der Waals surface area contributed by atoms with Crippen molar-refractivity contribution in [3.05, 3.63) is 42.2 Å². The summed E-state index contributed by atoms with van der Waals surface area (Å²) in [7, 11) is 1.71. The number of carbonyl (C=O) groups is 2. The van der Waals surface area contributed by atoms with E-state index in [1.165, 1.54) is 0 Å². The van der Waals surface area contributed by atoms with E-state index in [1.54, 1.807) is 32.7 Å². The monoisotopic (exact) mass is 511 g/mol. The van der Waals surface area contributed by atoms with Gasteiger partial charge in [0, 0.05) is 57.9 Å². The van der Waals surface area contributed by atoms with Gasteiger partial charge in [0.05, 0.1) is 0 Å². The van der Waals surface area contributed by atoms with Gasteiger partial charge in [-0.15, -0.1) is 0 Å². The molecule has 2 heterocycles. The molecule has 0 bridgehead atoms. The van der Waals surface area contributed by atoms with Crippen LogP contribution in [0.3, 0.4) is 0 Å². The van der Waals surface area contributed by atoms with E-state index in [9.17, 15) is 9.59 Å². The van der Waals surface area contributed by atoms with Gasteiger partial charge >= 0.3 is 6.09 Å². The van der Waals surface area contributed by atoms with Gasteiger partial charge in [0.1, 0.15) is 12.1 Å².